The molecule has 0 radical (unpaired) electrons. The second kappa shape index (κ2) is 17.3. The lowest BCUT2D eigenvalue weighted by molar-refractivity contribution is 0.590. The van der Waals surface area contributed by atoms with Crippen molar-refractivity contribution in [3.05, 3.63) is 222 Å². The molecule has 9 aromatic rings. The average molecular weight is 857 g/mol. The zero-order valence-corrected chi connectivity index (χ0v) is 38.4. The maximum atomic E-state index is 7.94. The van der Waals surface area contributed by atoms with Gasteiger partial charge in [-0.3, -0.25) is 0 Å². The Labute approximate surface area is 383 Å². The number of hydrogen-bond acceptors (Lipinski definition) is 4. The van der Waals surface area contributed by atoms with Crippen molar-refractivity contribution in [1.29, 1.82) is 0 Å². The van der Waals surface area contributed by atoms with Gasteiger partial charge in [-0.1, -0.05) is 138 Å². The van der Waals surface area contributed by atoms with Gasteiger partial charge >= 0.3 is 0 Å². The van der Waals surface area contributed by atoms with Gasteiger partial charge in [-0.25, -0.2) is 0 Å². The highest BCUT2D eigenvalue weighted by atomic mass is 35.5. The topological polar surface area (TPSA) is 22.9 Å². The molecule has 64 heavy (non-hydrogen) atoms. The minimum absolute atomic E-state index is 0.0114. The van der Waals surface area contributed by atoms with Crippen LogP contribution in [0.25, 0.3) is 22.3 Å². The Hall–Kier alpha value is -7.01. The van der Waals surface area contributed by atoms with Gasteiger partial charge in [0.05, 0.1) is 16.4 Å². The Morgan fingerprint density at radius 2 is 0.797 bits per heavy atom. The standard InChI is InChI=1S/C59H54ClN3O/c1-41-37-53(62(49-33-27-44(28-34-49)58(2,3)4)50-35-29-45(30-36-50)59(5,6)7)57(60)54(38-41)63(48-31-25-42(26-32-48)56-39-43-17-14-15-24-55(43)64-56)52-23-16-22-51(40-52)61(46-18-10-8-11-19-46)47-20-12-9-13-21-47/h8-40H,1-7H3. The fourth-order valence-corrected chi connectivity index (χ4v) is 8.68. The molecule has 0 aliphatic rings. The Morgan fingerprint density at radius 3 is 1.28 bits per heavy atom. The SMILES string of the molecule is Cc1cc(N(c2ccc(C(C)(C)C)cc2)c2ccc(C(C)(C)C)cc2)c(Cl)c(N(c2ccc(-c3cc4ccccc4o3)cc2)c2cccc(N(c3ccccc3)c3ccccc3)c2)c1. The fraction of sp³-hybridized carbons (Fsp3) is 0.153. The Morgan fingerprint density at radius 1 is 0.391 bits per heavy atom. The van der Waals surface area contributed by atoms with Gasteiger partial charge in [-0.05, 0) is 150 Å². The van der Waals surface area contributed by atoms with E-state index < -0.39 is 0 Å². The van der Waals surface area contributed by atoms with Gasteiger partial charge in [-0.15, -0.1) is 0 Å². The molecule has 0 saturated heterocycles. The van der Waals surface area contributed by atoms with Crippen LogP contribution in [0.4, 0.5) is 51.2 Å². The first-order chi connectivity index (χ1) is 30.8. The van der Waals surface area contributed by atoms with E-state index in [2.05, 4.69) is 245 Å². The highest BCUT2D eigenvalue weighted by molar-refractivity contribution is 6.36. The highest BCUT2D eigenvalue weighted by Gasteiger charge is 2.26. The van der Waals surface area contributed by atoms with Gasteiger partial charge in [0.2, 0.25) is 0 Å². The molecular formula is C59H54ClN3O. The third kappa shape index (κ3) is 8.67. The van der Waals surface area contributed by atoms with Crippen molar-refractivity contribution in [2.45, 2.75) is 59.3 Å². The molecule has 9 rings (SSSR count). The minimum Gasteiger partial charge on any atom is -0.456 e. The van der Waals surface area contributed by atoms with Gasteiger partial charge < -0.3 is 19.1 Å². The number of aryl methyl sites for hydroxylation is 1. The fourth-order valence-electron chi connectivity index (χ4n) is 8.40. The zero-order chi connectivity index (χ0) is 44.6. The van der Waals surface area contributed by atoms with Gasteiger partial charge in [0.25, 0.3) is 0 Å². The van der Waals surface area contributed by atoms with Crippen molar-refractivity contribution >= 4 is 73.8 Å². The molecule has 318 valence electrons. The van der Waals surface area contributed by atoms with Gasteiger partial charge in [0, 0.05) is 50.8 Å². The van der Waals surface area contributed by atoms with E-state index in [1.54, 1.807) is 0 Å². The van der Waals surface area contributed by atoms with E-state index in [9.17, 15) is 0 Å². The lowest BCUT2D eigenvalue weighted by atomic mass is 9.86. The third-order valence-electron chi connectivity index (χ3n) is 11.9. The summed E-state index contributed by atoms with van der Waals surface area (Å²) in [5.41, 5.74) is 14.4. The maximum Gasteiger partial charge on any atom is 0.135 e. The molecule has 1 aromatic heterocycles. The summed E-state index contributed by atoms with van der Waals surface area (Å²) in [4.78, 5) is 6.87. The molecule has 1 heterocycles. The van der Waals surface area contributed by atoms with E-state index in [0.717, 1.165) is 79.0 Å². The monoisotopic (exact) mass is 855 g/mol. The third-order valence-corrected chi connectivity index (χ3v) is 12.2. The van der Waals surface area contributed by atoms with Crippen molar-refractivity contribution in [3.63, 3.8) is 0 Å². The predicted molar refractivity (Wildman–Crippen MR) is 273 cm³/mol. The first kappa shape index (κ1) is 42.3. The van der Waals surface area contributed by atoms with Crippen molar-refractivity contribution in [1.82, 2.24) is 0 Å². The largest absolute Gasteiger partial charge is 0.456 e. The van der Waals surface area contributed by atoms with Crippen molar-refractivity contribution in [3.8, 4) is 11.3 Å². The molecule has 0 amide bonds. The van der Waals surface area contributed by atoms with Crippen LogP contribution in [-0.4, -0.2) is 0 Å². The normalized spacial score (nSPS) is 11.8. The lowest BCUT2D eigenvalue weighted by Crippen LogP contribution is -2.17. The van der Waals surface area contributed by atoms with Crippen LogP contribution in [0.2, 0.25) is 5.02 Å². The van der Waals surface area contributed by atoms with Crippen LogP contribution in [-0.2, 0) is 10.8 Å². The molecule has 0 bridgehead atoms. The number of fused-ring (bicyclic) bond motifs is 1. The number of furan rings is 1. The molecule has 0 atom stereocenters. The molecular weight excluding hydrogens is 802 g/mol. The maximum absolute atomic E-state index is 7.94. The summed E-state index contributed by atoms with van der Waals surface area (Å²) in [7, 11) is 0. The number of nitrogens with zero attached hydrogens (tertiary/aromatic N) is 3. The van der Waals surface area contributed by atoms with E-state index in [1.807, 2.05) is 18.2 Å². The van der Waals surface area contributed by atoms with Crippen LogP contribution in [0, 0.1) is 6.92 Å². The van der Waals surface area contributed by atoms with Crippen molar-refractivity contribution in [2.24, 2.45) is 0 Å². The zero-order valence-electron chi connectivity index (χ0n) is 37.7. The van der Waals surface area contributed by atoms with Gasteiger partial charge in [0.1, 0.15) is 11.3 Å². The number of halogens is 1. The number of hydrogen-bond donors (Lipinski definition) is 0. The number of rotatable bonds is 10. The summed E-state index contributed by atoms with van der Waals surface area (Å²) in [5.74, 6) is 0.823. The first-order valence-electron chi connectivity index (χ1n) is 22.0. The Balaban J connectivity index is 1.23. The van der Waals surface area contributed by atoms with Crippen molar-refractivity contribution in [2.75, 3.05) is 14.7 Å². The quantitative estimate of drug-likeness (QED) is 0.137. The smallest absolute Gasteiger partial charge is 0.135 e. The van der Waals surface area contributed by atoms with E-state index in [-0.39, 0.29) is 10.8 Å². The lowest BCUT2D eigenvalue weighted by Gasteiger charge is -2.33. The molecule has 0 fully saturated rings. The molecule has 8 aromatic carbocycles. The van der Waals surface area contributed by atoms with Crippen molar-refractivity contribution < 1.29 is 4.42 Å². The number of para-hydroxylation sites is 3. The predicted octanol–water partition coefficient (Wildman–Crippen LogP) is 18.1. The molecule has 0 spiro atoms. The molecule has 4 nitrogen and oxygen atoms in total. The second-order valence-electron chi connectivity index (χ2n) is 18.6. The van der Waals surface area contributed by atoms with Crippen LogP contribution >= 0.6 is 11.6 Å². The summed E-state index contributed by atoms with van der Waals surface area (Å²) in [6, 6.07) is 70.8. The van der Waals surface area contributed by atoms with Crippen LogP contribution in [0.1, 0.15) is 58.2 Å². The van der Waals surface area contributed by atoms with Gasteiger partial charge in [-0.2, -0.15) is 0 Å². The molecule has 0 aliphatic heterocycles. The summed E-state index contributed by atoms with van der Waals surface area (Å²) >= 11 is 7.94. The molecule has 0 saturated carbocycles. The summed E-state index contributed by atoms with van der Waals surface area (Å²) in [5, 5.41) is 1.70. The molecule has 0 unspecified atom stereocenters. The molecule has 5 heteroatoms. The minimum atomic E-state index is 0.0114. The molecule has 0 aliphatic carbocycles. The van der Waals surface area contributed by atoms with E-state index in [1.165, 1.54) is 11.1 Å². The number of anilines is 9. The number of benzene rings is 8. The summed E-state index contributed by atoms with van der Waals surface area (Å²) in [6.07, 6.45) is 0. The second-order valence-corrected chi connectivity index (χ2v) is 19.0. The van der Waals surface area contributed by atoms with Crippen LogP contribution in [0.5, 0.6) is 0 Å². The van der Waals surface area contributed by atoms with Gasteiger partial charge in [0.15, 0.2) is 0 Å². The highest BCUT2D eigenvalue weighted by Crippen LogP contribution is 2.49. The van der Waals surface area contributed by atoms with Crippen LogP contribution < -0.4 is 14.7 Å². The van der Waals surface area contributed by atoms with E-state index in [4.69, 9.17) is 16.0 Å². The van der Waals surface area contributed by atoms with Crippen LogP contribution in [0.3, 0.4) is 0 Å². The summed E-state index contributed by atoms with van der Waals surface area (Å²) in [6.45, 7) is 15.7. The van der Waals surface area contributed by atoms with Crippen LogP contribution in [0.15, 0.2) is 205 Å². The Bertz CT molecular complexity index is 2890. The van der Waals surface area contributed by atoms with E-state index in [0.29, 0.717) is 5.02 Å². The summed E-state index contributed by atoms with van der Waals surface area (Å²) < 4.78 is 6.32. The van der Waals surface area contributed by atoms with E-state index >= 15 is 0 Å². The Kier molecular flexibility index (Phi) is 11.4. The average Bonchev–Trinajstić information content (AvgIpc) is 3.74. The molecule has 0 N–H and O–H groups in total. The first-order valence-corrected chi connectivity index (χ1v) is 22.4.